The van der Waals surface area contributed by atoms with Crippen LogP contribution in [0.15, 0.2) is 23.1 Å². The summed E-state index contributed by atoms with van der Waals surface area (Å²) in [5.41, 5.74) is 1.91. The fourth-order valence-corrected chi connectivity index (χ4v) is 2.11. The second-order valence-electron chi connectivity index (χ2n) is 3.32. The fourth-order valence-electron chi connectivity index (χ4n) is 1.60. The van der Waals surface area contributed by atoms with Crippen molar-refractivity contribution in [2.24, 2.45) is 0 Å². The van der Waals surface area contributed by atoms with Gasteiger partial charge in [-0.25, -0.2) is 0 Å². The summed E-state index contributed by atoms with van der Waals surface area (Å²) in [6, 6.07) is 4.65. The summed E-state index contributed by atoms with van der Waals surface area (Å²) in [5, 5.41) is 3.10. The second kappa shape index (κ2) is 4.84. The summed E-state index contributed by atoms with van der Waals surface area (Å²) in [6.45, 7) is 0.849. The Labute approximate surface area is 111 Å². The molecule has 6 heteroatoms. The number of nitrogens with one attached hydrogen (secondary N) is 1. The first-order valence-electron chi connectivity index (χ1n) is 4.42. The third-order valence-corrected chi connectivity index (χ3v) is 3.17. The maximum absolute atomic E-state index is 10.8. The number of benzene rings is 1. The van der Waals surface area contributed by atoms with E-state index in [2.05, 4.69) is 5.32 Å². The van der Waals surface area contributed by atoms with E-state index in [0.29, 0.717) is 0 Å². The molecule has 0 unspecified atom stereocenters. The first-order valence-corrected chi connectivity index (χ1v) is 5.86. The summed E-state index contributed by atoms with van der Waals surface area (Å²) in [4.78, 5) is -0.0503. The maximum atomic E-state index is 10.8. The molecule has 1 aromatic rings. The molecule has 15 heavy (non-hydrogen) atoms. The molecule has 0 saturated carbocycles. The molecule has 0 amide bonds. The minimum atomic E-state index is -4.08. The summed E-state index contributed by atoms with van der Waals surface area (Å²) in [5.74, 6) is 0. The van der Waals surface area contributed by atoms with Crippen LogP contribution in [-0.2, 0) is 16.5 Å². The van der Waals surface area contributed by atoms with Crippen molar-refractivity contribution >= 4 is 45.4 Å². The van der Waals surface area contributed by atoms with Crippen molar-refractivity contribution < 1.29 is 13.0 Å². The minimum absolute atomic E-state index is 0. The average molecular weight is 237 g/mol. The van der Waals surface area contributed by atoms with Gasteiger partial charge >= 0.3 is 29.6 Å². The zero-order valence-corrected chi connectivity index (χ0v) is 8.34. The molecule has 0 aliphatic carbocycles. The van der Waals surface area contributed by atoms with Gasteiger partial charge in [-0.05, 0) is 30.5 Å². The fraction of sp³-hybridized carbons (Fsp3) is 0.333. The predicted molar refractivity (Wildman–Crippen MR) is 60.2 cm³/mol. The zero-order chi connectivity index (χ0) is 10.2. The predicted octanol–water partition coefficient (Wildman–Crippen LogP) is 0.643. The molecule has 0 aromatic heterocycles. The normalized spacial score (nSPS) is 14.7. The van der Waals surface area contributed by atoms with Gasteiger partial charge in [-0.3, -0.25) is 4.55 Å². The van der Waals surface area contributed by atoms with Crippen LogP contribution in [0.1, 0.15) is 12.0 Å². The molecule has 0 radical (unpaired) electrons. The molecular formula is C9H12NNaO3S. The molecule has 1 aromatic carbocycles. The van der Waals surface area contributed by atoms with Crippen molar-refractivity contribution in [2.75, 3.05) is 11.9 Å². The van der Waals surface area contributed by atoms with E-state index in [9.17, 15) is 8.42 Å². The molecule has 0 fully saturated rings. The van der Waals surface area contributed by atoms with Crippen LogP contribution in [0.2, 0.25) is 0 Å². The summed E-state index contributed by atoms with van der Waals surface area (Å²) in [7, 11) is -4.08. The quantitative estimate of drug-likeness (QED) is 0.555. The van der Waals surface area contributed by atoms with Crippen LogP contribution in [0, 0.1) is 0 Å². The third kappa shape index (κ3) is 2.95. The van der Waals surface area contributed by atoms with E-state index in [1.165, 1.54) is 12.1 Å². The van der Waals surface area contributed by atoms with Crippen LogP contribution < -0.4 is 5.32 Å². The van der Waals surface area contributed by atoms with Gasteiger partial charge < -0.3 is 5.32 Å². The zero-order valence-electron chi connectivity index (χ0n) is 7.53. The van der Waals surface area contributed by atoms with Gasteiger partial charge in [0.25, 0.3) is 10.1 Å². The van der Waals surface area contributed by atoms with Crippen LogP contribution in [-0.4, -0.2) is 49.1 Å². The molecule has 0 atom stereocenters. The molecule has 2 N–H and O–H groups in total. The van der Waals surface area contributed by atoms with Crippen molar-refractivity contribution in [3.8, 4) is 0 Å². The van der Waals surface area contributed by atoms with E-state index in [-0.39, 0.29) is 34.5 Å². The summed E-state index contributed by atoms with van der Waals surface area (Å²) < 4.78 is 30.5. The molecular weight excluding hydrogens is 225 g/mol. The van der Waals surface area contributed by atoms with Crippen molar-refractivity contribution in [2.45, 2.75) is 17.7 Å². The Balaban J connectivity index is 0.00000112. The Hall–Kier alpha value is -0.0700. The van der Waals surface area contributed by atoms with E-state index < -0.39 is 10.1 Å². The van der Waals surface area contributed by atoms with Gasteiger partial charge in [0.15, 0.2) is 0 Å². The van der Waals surface area contributed by atoms with Gasteiger partial charge in [-0.2, -0.15) is 8.42 Å². The van der Waals surface area contributed by atoms with Gasteiger partial charge in [-0.15, -0.1) is 0 Å². The molecule has 0 spiro atoms. The second-order valence-corrected chi connectivity index (χ2v) is 4.75. The molecule has 1 aliphatic rings. The van der Waals surface area contributed by atoms with Crippen molar-refractivity contribution in [1.82, 2.24) is 0 Å². The third-order valence-electron chi connectivity index (χ3n) is 2.32. The molecule has 1 aliphatic heterocycles. The molecule has 0 saturated heterocycles. The van der Waals surface area contributed by atoms with Gasteiger partial charge in [0, 0.05) is 12.2 Å². The topological polar surface area (TPSA) is 66.4 Å². The SMILES string of the molecule is O=S(=O)(O)c1ccc2c(c1)NCCC2.[NaH]. The molecule has 4 nitrogen and oxygen atoms in total. The van der Waals surface area contributed by atoms with Crippen LogP contribution in [0.3, 0.4) is 0 Å². The number of hydrogen-bond donors (Lipinski definition) is 2. The molecule has 2 rings (SSSR count). The number of aryl methyl sites for hydroxylation is 1. The van der Waals surface area contributed by atoms with Crippen molar-refractivity contribution in [1.29, 1.82) is 0 Å². The monoisotopic (exact) mass is 237 g/mol. The summed E-state index contributed by atoms with van der Waals surface area (Å²) >= 11 is 0. The van der Waals surface area contributed by atoms with Gasteiger partial charge in [-0.1, -0.05) is 6.07 Å². The Kier molecular flexibility index (Phi) is 4.20. The molecule has 1 heterocycles. The Morgan fingerprint density at radius 3 is 2.73 bits per heavy atom. The van der Waals surface area contributed by atoms with Crippen molar-refractivity contribution in [3.63, 3.8) is 0 Å². The average Bonchev–Trinajstić information content (AvgIpc) is 2.16. The standard InChI is InChI=1S/C9H11NO3S.Na.H/c11-14(12,13)8-4-3-7-2-1-5-10-9(7)6-8;;/h3-4,6,10H,1-2,5H2,(H,11,12,13);;. The van der Waals surface area contributed by atoms with E-state index in [4.69, 9.17) is 4.55 Å². The first kappa shape index (κ1) is 13.0. The van der Waals surface area contributed by atoms with Crippen LogP contribution in [0.5, 0.6) is 0 Å². The van der Waals surface area contributed by atoms with Crippen LogP contribution >= 0.6 is 0 Å². The van der Waals surface area contributed by atoms with Crippen molar-refractivity contribution in [3.05, 3.63) is 23.8 Å². The van der Waals surface area contributed by atoms with E-state index in [1.807, 2.05) is 0 Å². The summed E-state index contributed by atoms with van der Waals surface area (Å²) in [6.07, 6.45) is 2.01. The Morgan fingerprint density at radius 2 is 2.07 bits per heavy atom. The van der Waals surface area contributed by atoms with Gasteiger partial charge in [0.05, 0.1) is 4.90 Å². The Bertz CT molecular complexity index is 458. The van der Waals surface area contributed by atoms with Gasteiger partial charge in [0.2, 0.25) is 0 Å². The van der Waals surface area contributed by atoms with Crippen LogP contribution in [0.4, 0.5) is 5.69 Å². The van der Waals surface area contributed by atoms with Crippen LogP contribution in [0.25, 0.3) is 0 Å². The van der Waals surface area contributed by atoms with E-state index in [1.54, 1.807) is 6.07 Å². The molecule has 0 bridgehead atoms. The number of fused-ring (bicyclic) bond motifs is 1. The Morgan fingerprint density at radius 1 is 1.33 bits per heavy atom. The number of hydrogen-bond acceptors (Lipinski definition) is 3. The number of anilines is 1. The van der Waals surface area contributed by atoms with E-state index >= 15 is 0 Å². The first-order chi connectivity index (χ1) is 6.57. The van der Waals surface area contributed by atoms with Gasteiger partial charge in [0.1, 0.15) is 0 Å². The number of rotatable bonds is 1. The molecule has 78 valence electrons. The van der Waals surface area contributed by atoms with E-state index in [0.717, 1.165) is 30.6 Å².